The third-order valence-electron chi connectivity index (χ3n) is 8.32. The minimum absolute atomic E-state index is 0.620. The maximum atomic E-state index is 6.05. The first-order valence-corrected chi connectivity index (χ1v) is 15.3. The molecule has 220 valence electrons. The van der Waals surface area contributed by atoms with Gasteiger partial charge in [-0.05, 0) is 23.8 Å². The molecule has 0 unspecified atom stereocenters. The number of pyridine rings is 3. The van der Waals surface area contributed by atoms with Crippen molar-refractivity contribution in [2.24, 2.45) is 0 Å². The highest BCUT2D eigenvalue weighted by atomic mass is 16.3. The summed E-state index contributed by atoms with van der Waals surface area (Å²) < 4.78 is 6.05. The molecule has 0 spiro atoms. The molecule has 9 rings (SSSR count). The largest absolute Gasteiger partial charge is 0.453 e. The Bertz CT molecular complexity index is 2510. The van der Waals surface area contributed by atoms with Gasteiger partial charge in [0.15, 0.2) is 28.6 Å². The number of aromatic nitrogens is 6. The van der Waals surface area contributed by atoms with E-state index in [2.05, 4.69) is 58.5 Å². The second-order valence-electron chi connectivity index (χ2n) is 11.2. The Balaban J connectivity index is 1.10. The fourth-order valence-electron chi connectivity index (χ4n) is 6.03. The second-order valence-corrected chi connectivity index (χ2v) is 11.2. The molecule has 5 aromatic heterocycles. The van der Waals surface area contributed by atoms with E-state index in [4.69, 9.17) is 24.4 Å². The molecule has 5 heterocycles. The summed E-state index contributed by atoms with van der Waals surface area (Å²) in [6, 6.07) is 40.5. The van der Waals surface area contributed by atoms with E-state index in [0.717, 1.165) is 66.3 Å². The number of hydrogen-bond donors (Lipinski definition) is 0. The van der Waals surface area contributed by atoms with Gasteiger partial charge in [0.25, 0.3) is 0 Å². The first-order valence-electron chi connectivity index (χ1n) is 15.3. The lowest BCUT2D eigenvalue weighted by atomic mass is 9.98. The van der Waals surface area contributed by atoms with Crippen molar-refractivity contribution in [3.05, 3.63) is 146 Å². The van der Waals surface area contributed by atoms with Crippen molar-refractivity contribution in [1.29, 1.82) is 0 Å². The van der Waals surface area contributed by atoms with E-state index in [0.29, 0.717) is 23.1 Å². The van der Waals surface area contributed by atoms with Crippen LogP contribution in [-0.4, -0.2) is 29.9 Å². The second kappa shape index (κ2) is 11.1. The van der Waals surface area contributed by atoms with Crippen LogP contribution in [0, 0.1) is 0 Å². The molecule has 4 aromatic carbocycles. The van der Waals surface area contributed by atoms with Crippen LogP contribution in [0.4, 0.5) is 0 Å². The predicted molar refractivity (Wildman–Crippen MR) is 185 cm³/mol. The lowest BCUT2D eigenvalue weighted by molar-refractivity contribution is 0.666. The van der Waals surface area contributed by atoms with Crippen molar-refractivity contribution in [2.45, 2.75) is 0 Å². The Morgan fingerprint density at radius 2 is 1.09 bits per heavy atom. The van der Waals surface area contributed by atoms with Crippen LogP contribution >= 0.6 is 0 Å². The topological polar surface area (TPSA) is 90.5 Å². The molecule has 0 saturated carbocycles. The molecule has 0 N–H and O–H groups in total. The first kappa shape index (κ1) is 26.8. The van der Waals surface area contributed by atoms with Gasteiger partial charge in [0.2, 0.25) is 0 Å². The smallest absolute Gasteiger partial charge is 0.164 e. The molecule has 0 aliphatic carbocycles. The number of hydrogen-bond acceptors (Lipinski definition) is 7. The Hall–Kier alpha value is -6.60. The van der Waals surface area contributed by atoms with Crippen molar-refractivity contribution in [3.8, 4) is 56.4 Å². The summed E-state index contributed by atoms with van der Waals surface area (Å²) in [5.74, 6) is 1.89. The Morgan fingerprint density at radius 3 is 1.79 bits per heavy atom. The number of furan rings is 1. The molecular weight excluding hydrogens is 580 g/mol. The van der Waals surface area contributed by atoms with Crippen molar-refractivity contribution in [1.82, 2.24) is 29.9 Å². The zero-order valence-electron chi connectivity index (χ0n) is 24.9. The third-order valence-corrected chi connectivity index (χ3v) is 8.32. The summed E-state index contributed by atoms with van der Waals surface area (Å²) in [4.78, 5) is 28.6. The highest BCUT2D eigenvalue weighted by Crippen LogP contribution is 2.38. The molecule has 0 bridgehead atoms. The zero-order valence-corrected chi connectivity index (χ0v) is 24.9. The van der Waals surface area contributed by atoms with Crippen molar-refractivity contribution >= 4 is 33.0 Å². The molecule has 0 aliphatic heterocycles. The molecule has 0 atom stereocenters. The number of benzene rings is 4. The molecule has 7 heteroatoms. The quantitative estimate of drug-likeness (QED) is 0.193. The van der Waals surface area contributed by atoms with Crippen LogP contribution in [0.25, 0.3) is 89.4 Å². The molecule has 0 saturated heterocycles. The van der Waals surface area contributed by atoms with Gasteiger partial charge in [0.1, 0.15) is 5.52 Å². The lowest BCUT2D eigenvalue weighted by Gasteiger charge is -2.10. The maximum Gasteiger partial charge on any atom is 0.164 e. The number of nitrogens with zero attached hydrogens (tertiary/aromatic N) is 6. The van der Waals surface area contributed by atoms with Crippen LogP contribution in [0.15, 0.2) is 151 Å². The van der Waals surface area contributed by atoms with E-state index in [-0.39, 0.29) is 0 Å². The molecule has 0 aliphatic rings. The molecule has 0 amide bonds. The van der Waals surface area contributed by atoms with Crippen LogP contribution in [0.3, 0.4) is 0 Å². The van der Waals surface area contributed by atoms with Gasteiger partial charge < -0.3 is 4.42 Å². The van der Waals surface area contributed by atoms with Gasteiger partial charge in [-0.25, -0.2) is 15.0 Å². The number of rotatable bonds is 5. The normalized spacial score (nSPS) is 11.4. The molecule has 9 aromatic rings. The van der Waals surface area contributed by atoms with Gasteiger partial charge in [-0.3, -0.25) is 15.0 Å². The van der Waals surface area contributed by atoms with Crippen LogP contribution in [-0.2, 0) is 0 Å². The predicted octanol–water partition coefficient (Wildman–Crippen LogP) is 9.44. The van der Waals surface area contributed by atoms with Crippen LogP contribution in [0.1, 0.15) is 0 Å². The average molecular weight is 605 g/mol. The van der Waals surface area contributed by atoms with Crippen molar-refractivity contribution in [2.75, 3.05) is 0 Å². The van der Waals surface area contributed by atoms with E-state index in [1.54, 1.807) is 12.4 Å². The highest BCUT2D eigenvalue weighted by Gasteiger charge is 2.17. The van der Waals surface area contributed by atoms with E-state index in [9.17, 15) is 0 Å². The molecular formula is C40H24N6O. The van der Waals surface area contributed by atoms with Gasteiger partial charge in [0.05, 0.1) is 17.1 Å². The van der Waals surface area contributed by atoms with E-state index < -0.39 is 0 Å². The minimum Gasteiger partial charge on any atom is -0.453 e. The van der Waals surface area contributed by atoms with E-state index in [1.807, 2.05) is 85.2 Å². The summed E-state index contributed by atoms with van der Waals surface area (Å²) in [6.45, 7) is 0. The summed E-state index contributed by atoms with van der Waals surface area (Å²) in [7, 11) is 0. The monoisotopic (exact) mass is 604 g/mol. The lowest BCUT2D eigenvalue weighted by Crippen LogP contribution is -2.00. The summed E-state index contributed by atoms with van der Waals surface area (Å²) in [5, 5.41) is 1.97. The summed E-state index contributed by atoms with van der Waals surface area (Å²) in [5.41, 5.74) is 9.91. The highest BCUT2D eigenvalue weighted by molar-refractivity contribution is 6.13. The third kappa shape index (κ3) is 4.78. The van der Waals surface area contributed by atoms with Crippen molar-refractivity contribution in [3.63, 3.8) is 0 Å². The molecule has 7 nitrogen and oxygen atoms in total. The van der Waals surface area contributed by atoms with Crippen molar-refractivity contribution < 1.29 is 4.42 Å². The minimum atomic E-state index is 0.620. The Kier molecular flexibility index (Phi) is 6.31. The standard InChI is InChI=1S/C40H24N6O/c1-3-9-26(10-4-1)38-44-39(27-11-5-2-6-12-27)46-40(45-38)28-18-16-25(17-19-28)30-21-29-13-7-14-31(36(29)43-22-30)32-23-41-24-34-35(32)37-33(47-34)15-8-20-42-37/h1-24H. The molecule has 0 fully saturated rings. The fourth-order valence-corrected chi connectivity index (χ4v) is 6.03. The van der Waals surface area contributed by atoms with Gasteiger partial charge >= 0.3 is 0 Å². The van der Waals surface area contributed by atoms with Gasteiger partial charge in [0, 0.05) is 57.4 Å². The Labute approximate surface area is 269 Å². The van der Waals surface area contributed by atoms with E-state index in [1.165, 1.54) is 0 Å². The van der Waals surface area contributed by atoms with Crippen LogP contribution in [0.2, 0.25) is 0 Å². The summed E-state index contributed by atoms with van der Waals surface area (Å²) in [6.07, 6.45) is 7.31. The average Bonchev–Trinajstić information content (AvgIpc) is 3.54. The zero-order chi connectivity index (χ0) is 31.2. The number of fused-ring (bicyclic) bond motifs is 4. The first-order chi connectivity index (χ1) is 23.3. The van der Waals surface area contributed by atoms with Gasteiger partial charge in [-0.15, -0.1) is 0 Å². The van der Waals surface area contributed by atoms with Gasteiger partial charge in [-0.1, -0.05) is 103 Å². The maximum absolute atomic E-state index is 6.05. The fraction of sp³-hybridized carbons (Fsp3) is 0. The number of para-hydroxylation sites is 1. The molecule has 0 radical (unpaired) electrons. The summed E-state index contributed by atoms with van der Waals surface area (Å²) >= 11 is 0. The Morgan fingerprint density at radius 1 is 0.426 bits per heavy atom. The van der Waals surface area contributed by atoms with Crippen LogP contribution < -0.4 is 0 Å². The van der Waals surface area contributed by atoms with Gasteiger partial charge in [-0.2, -0.15) is 0 Å². The van der Waals surface area contributed by atoms with Crippen LogP contribution in [0.5, 0.6) is 0 Å². The van der Waals surface area contributed by atoms with E-state index >= 15 is 0 Å². The molecule has 47 heavy (non-hydrogen) atoms. The SMILES string of the molecule is c1ccc(-c2nc(-c3ccccc3)nc(-c3ccc(-c4cnc5c(-c6cncc7oc8cccnc8c67)cccc5c4)cc3)n2)cc1.